The first-order valence-corrected chi connectivity index (χ1v) is 12.7. The lowest BCUT2D eigenvalue weighted by molar-refractivity contribution is 0.0611. The van der Waals surface area contributed by atoms with Crippen LogP contribution in [-0.2, 0) is 10.0 Å². The van der Waals surface area contributed by atoms with Crippen molar-refractivity contribution in [3.8, 4) is 5.75 Å². The number of hydrogen-bond donors (Lipinski definition) is 0. The zero-order valence-electron chi connectivity index (χ0n) is 19.5. The molecule has 1 fully saturated rings. The van der Waals surface area contributed by atoms with Gasteiger partial charge in [0.1, 0.15) is 11.2 Å². The van der Waals surface area contributed by atoms with Crippen LogP contribution in [-0.4, -0.2) is 37.9 Å². The van der Waals surface area contributed by atoms with Crippen molar-refractivity contribution in [2.45, 2.75) is 17.9 Å². The summed E-state index contributed by atoms with van der Waals surface area (Å²) >= 11 is 0. The van der Waals surface area contributed by atoms with Gasteiger partial charge >= 0.3 is 0 Å². The van der Waals surface area contributed by atoms with Crippen molar-refractivity contribution in [2.75, 3.05) is 13.7 Å². The lowest BCUT2D eigenvalue weighted by Crippen LogP contribution is -2.44. The van der Waals surface area contributed by atoms with Crippen molar-refractivity contribution < 1.29 is 22.7 Å². The molecule has 0 radical (unpaired) electrons. The Morgan fingerprint density at radius 2 is 1.60 bits per heavy atom. The van der Waals surface area contributed by atoms with Crippen molar-refractivity contribution in [3.05, 3.63) is 108 Å². The van der Waals surface area contributed by atoms with Crippen LogP contribution in [0.25, 0.3) is 0 Å². The lowest BCUT2D eigenvalue weighted by Gasteiger charge is -2.34. The molecule has 2 aliphatic rings. The topological polar surface area (TPSA) is 80.8 Å². The minimum absolute atomic E-state index is 0.0486. The van der Waals surface area contributed by atoms with Gasteiger partial charge in [-0.1, -0.05) is 60.2 Å². The van der Waals surface area contributed by atoms with Gasteiger partial charge in [-0.3, -0.25) is 9.59 Å². The number of ketones is 2. The van der Waals surface area contributed by atoms with Crippen LogP contribution in [0.3, 0.4) is 0 Å². The van der Waals surface area contributed by atoms with E-state index in [1.165, 1.54) is 11.4 Å². The second-order valence-corrected chi connectivity index (χ2v) is 10.9. The fraction of sp³-hybridized carbons (Fsp3) is 0.214. The van der Waals surface area contributed by atoms with Gasteiger partial charge in [-0.25, -0.2) is 8.42 Å². The quantitative estimate of drug-likeness (QED) is 0.388. The highest BCUT2D eigenvalue weighted by Crippen LogP contribution is 2.59. The summed E-state index contributed by atoms with van der Waals surface area (Å²) in [5, 5.41) is 0. The van der Waals surface area contributed by atoms with Crippen LogP contribution in [0.1, 0.15) is 37.9 Å². The Labute approximate surface area is 204 Å². The molecule has 6 nitrogen and oxygen atoms in total. The molecule has 1 aliphatic carbocycles. The lowest BCUT2D eigenvalue weighted by atomic mass is 9.67. The summed E-state index contributed by atoms with van der Waals surface area (Å²) in [5.41, 5.74) is 0.402. The van der Waals surface area contributed by atoms with E-state index < -0.39 is 27.4 Å². The number of rotatable bonds is 5. The van der Waals surface area contributed by atoms with E-state index in [2.05, 4.69) is 6.58 Å². The average Bonchev–Trinajstić information content (AvgIpc) is 3.34. The van der Waals surface area contributed by atoms with Gasteiger partial charge < -0.3 is 4.74 Å². The van der Waals surface area contributed by atoms with Crippen molar-refractivity contribution >= 4 is 21.6 Å². The molecular formula is C28H25NO5S. The number of Topliss-reactive ketones (excluding diaryl/α,β-unsaturated/α-hetero) is 2. The largest absolute Gasteiger partial charge is 0.497 e. The Bertz CT molecular complexity index is 1420. The summed E-state index contributed by atoms with van der Waals surface area (Å²) in [7, 11) is -2.56. The van der Waals surface area contributed by atoms with Crippen molar-refractivity contribution in [2.24, 2.45) is 11.3 Å². The highest BCUT2D eigenvalue weighted by Gasteiger charge is 2.68. The maximum Gasteiger partial charge on any atom is 0.243 e. The molecule has 1 aliphatic heterocycles. The van der Waals surface area contributed by atoms with Crippen LogP contribution >= 0.6 is 0 Å². The number of fused-ring (bicyclic) bond motifs is 1. The first-order valence-electron chi connectivity index (χ1n) is 11.3. The molecule has 0 amide bonds. The average molecular weight is 488 g/mol. The molecule has 1 saturated heterocycles. The van der Waals surface area contributed by atoms with Gasteiger partial charge in [-0.2, -0.15) is 4.31 Å². The molecule has 7 heteroatoms. The number of carbonyl (C=O) groups is 2. The first kappa shape index (κ1) is 23.2. The minimum Gasteiger partial charge on any atom is -0.497 e. The molecule has 178 valence electrons. The predicted molar refractivity (Wildman–Crippen MR) is 132 cm³/mol. The smallest absolute Gasteiger partial charge is 0.243 e. The molecule has 3 aromatic carbocycles. The Hall–Kier alpha value is -3.55. The molecule has 0 bridgehead atoms. The van der Waals surface area contributed by atoms with Crippen LogP contribution in [0.4, 0.5) is 0 Å². The number of hydrogen-bond acceptors (Lipinski definition) is 5. The third kappa shape index (κ3) is 3.22. The van der Waals surface area contributed by atoms with Gasteiger partial charge in [0.2, 0.25) is 10.0 Å². The number of aryl methyl sites for hydroxylation is 1. The van der Waals surface area contributed by atoms with Crippen LogP contribution in [0, 0.1) is 18.3 Å². The first-order chi connectivity index (χ1) is 16.8. The minimum atomic E-state index is -4.07. The summed E-state index contributed by atoms with van der Waals surface area (Å²) < 4.78 is 34.7. The summed E-state index contributed by atoms with van der Waals surface area (Å²) in [6.45, 7) is 5.73. The van der Waals surface area contributed by atoms with E-state index in [-0.39, 0.29) is 23.0 Å². The standard InChI is InChI=1S/C28H25NO5S/c1-4-20-17-29(35(32,33)22-14-12-18(2)13-15-22)25(19-8-7-9-21(16-19)34-3)28(20)26(30)23-10-5-6-11-24(23)27(28)31/h4-16,20,25H,1,17H2,2-3H3/t20-,25+/m1/s1. The van der Waals surface area contributed by atoms with Gasteiger partial charge in [0.25, 0.3) is 0 Å². The molecule has 2 atom stereocenters. The van der Waals surface area contributed by atoms with Crippen LogP contribution in [0.5, 0.6) is 5.75 Å². The van der Waals surface area contributed by atoms with E-state index in [1.54, 1.807) is 78.9 Å². The molecule has 0 aromatic heterocycles. The molecule has 0 unspecified atom stereocenters. The van der Waals surface area contributed by atoms with Gasteiger partial charge in [-0.05, 0) is 36.8 Å². The second kappa shape index (κ2) is 8.29. The van der Waals surface area contributed by atoms with E-state index in [9.17, 15) is 18.0 Å². The molecular weight excluding hydrogens is 462 g/mol. The van der Waals surface area contributed by atoms with Crippen LogP contribution in [0.15, 0.2) is 90.3 Å². The van der Waals surface area contributed by atoms with Crippen molar-refractivity contribution in [1.82, 2.24) is 4.31 Å². The number of sulfonamides is 1. The Kier molecular flexibility index (Phi) is 5.49. The molecule has 0 N–H and O–H groups in total. The Balaban J connectivity index is 1.78. The highest BCUT2D eigenvalue weighted by atomic mass is 32.2. The van der Waals surface area contributed by atoms with Crippen molar-refractivity contribution in [3.63, 3.8) is 0 Å². The van der Waals surface area contributed by atoms with Crippen LogP contribution in [0.2, 0.25) is 0 Å². The zero-order chi connectivity index (χ0) is 25.0. The van der Waals surface area contributed by atoms with E-state index in [1.807, 2.05) is 6.92 Å². The molecule has 1 heterocycles. The normalized spacial score (nSPS) is 21.3. The van der Waals surface area contributed by atoms with Crippen LogP contribution < -0.4 is 4.74 Å². The monoisotopic (exact) mass is 487 g/mol. The molecule has 5 rings (SSSR count). The summed E-state index contributed by atoms with van der Waals surface area (Å²) in [5.74, 6) is -0.969. The van der Waals surface area contributed by atoms with Gasteiger partial charge in [0.15, 0.2) is 11.6 Å². The Morgan fingerprint density at radius 1 is 0.971 bits per heavy atom. The number of benzene rings is 3. The predicted octanol–water partition coefficient (Wildman–Crippen LogP) is 4.62. The number of ether oxygens (including phenoxy) is 1. The SMILES string of the molecule is C=C[C@@H]1CN(S(=O)(=O)c2ccc(C)cc2)[C@@H](c2cccc(OC)c2)C12C(=O)c1ccccc1C2=O. The number of methoxy groups -OCH3 is 1. The Morgan fingerprint density at radius 3 is 2.17 bits per heavy atom. The molecule has 1 spiro atoms. The van der Waals surface area contributed by atoms with Gasteiger partial charge in [0, 0.05) is 23.6 Å². The molecule has 3 aromatic rings. The van der Waals surface area contributed by atoms with E-state index in [4.69, 9.17) is 4.74 Å². The maximum absolute atomic E-state index is 14.1. The summed E-state index contributed by atoms with van der Waals surface area (Å²) in [4.78, 5) is 28.2. The molecule has 35 heavy (non-hydrogen) atoms. The highest BCUT2D eigenvalue weighted by molar-refractivity contribution is 7.89. The van der Waals surface area contributed by atoms with Gasteiger partial charge in [-0.15, -0.1) is 6.58 Å². The number of nitrogens with zero attached hydrogens (tertiary/aromatic N) is 1. The third-order valence-electron chi connectivity index (χ3n) is 7.17. The van der Waals surface area contributed by atoms with E-state index in [0.717, 1.165) is 5.56 Å². The van der Waals surface area contributed by atoms with Crippen molar-refractivity contribution in [1.29, 1.82) is 0 Å². The molecule has 0 saturated carbocycles. The van der Waals surface area contributed by atoms with E-state index in [0.29, 0.717) is 22.4 Å². The second-order valence-electron chi connectivity index (χ2n) is 8.98. The van der Waals surface area contributed by atoms with E-state index >= 15 is 0 Å². The number of carbonyl (C=O) groups excluding carboxylic acids is 2. The third-order valence-corrected chi connectivity index (χ3v) is 9.02. The maximum atomic E-state index is 14.1. The fourth-order valence-corrected chi connectivity index (χ4v) is 7.14. The zero-order valence-corrected chi connectivity index (χ0v) is 20.3. The van der Waals surface area contributed by atoms with Gasteiger partial charge in [0.05, 0.1) is 18.0 Å². The summed E-state index contributed by atoms with van der Waals surface area (Å²) in [6, 6.07) is 19.1. The fourth-order valence-electron chi connectivity index (χ4n) is 5.47. The summed E-state index contributed by atoms with van der Waals surface area (Å²) in [6.07, 6.45) is 1.54.